The van der Waals surface area contributed by atoms with E-state index < -0.39 is 5.97 Å². The monoisotopic (exact) mass is 312 g/mol. The van der Waals surface area contributed by atoms with E-state index in [4.69, 9.17) is 5.11 Å². The minimum absolute atomic E-state index is 0.172. The van der Waals surface area contributed by atoms with Gasteiger partial charge in [0.1, 0.15) is 0 Å². The van der Waals surface area contributed by atoms with E-state index >= 15 is 0 Å². The molecule has 0 spiro atoms. The number of fused-ring (bicyclic) bond motifs is 1. The molecule has 2 rings (SSSR count). The number of hydrogen-bond donors (Lipinski definition) is 2. The molecule has 0 amide bonds. The normalized spacial score (nSPS) is 14.7. The Morgan fingerprint density at radius 3 is 3.06 bits per heavy atom. The number of carbonyl (C=O) groups is 1. The summed E-state index contributed by atoms with van der Waals surface area (Å²) in [7, 11) is 0. The first-order valence-electron chi connectivity index (χ1n) is 6.08. The fourth-order valence-corrected chi connectivity index (χ4v) is 2.92. The zero-order valence-corrected chi connectivity index (χ0v) is 12.0. The number of carboxylic acids is 1. The smallest absolute Gasteiger partial charge is 0.305 e. The average molecular weight is 313 g/mol. The van der Waals surface area contributed by atoms with Crippen molar-refractivity contribution < 1.29 is 9.90 Å². The van der Waals surface area contributed by atoms with Gasteiger partial charge in [-0.1, -0.05) is 0 Å². The van der Waals surface area contributed by atoms with Gasteiger partial charge in [-0.15, -0.1) is 0 Å². The molecular formula is C13H17BrN2O2. The second kappa shape index (κ2) is 5.61. The predicted molar refractivity (Wildman–Crippen MR) is 76.5 cm³/mol. The summed E-state index contributed by atoms with van der Waals surface area (Å²) >= 11 is 3.57. The van der Waals surface area contributed by atoms with Crippen LogP contribution in [0.4, 0.5) is 11.4 Å². The average Bonchev–Trinajstić information content (AvgIpc) is 2.48. The Morgan fingerprint density at radius 2 is 2.33 bits per heavy atom. The van der Waals surface area contributed by atoms with Crippen molar-refractivity contribution >= 4 is 33.3 Å². The molecule has 18 heavy (non-hydrogen) atoms. The maximum absolute atomic E-state index is 10.7. The third kappa shape index (κ3) is 2.96. The Morgan fingerprint density at radius 1 is 1.56 bits per heavy atom. The van der Waals surface area contributed by atoms with E-state index in [0.717, 1.165) is 35.4 Å². The van der Waals surface area contributed by atoms with E-state index in [2.05, 4.69) is 38.3 Å². The number of halogens is 1. The van der Waals surface area contributed by atoms with Gasteiger partial charge in [0.15, 0.2) is 0 Å². The van der Waals surface area contributed by atoms with Crippen LogP contribution in [0, 0.1) is 6.92 Å². The molecule has 0 fully saturated rings. The van der Waals surface area contributed by atoms with Gasteiger partial charge in [-0.05, 0) is 47.0 Å². The summed E-state index contributed by atoms with van der Waals surface area (Å²) in [5, 5.41) is 12.2. The highest BCUT2D eigenvalue weighted by molar-refractivity contribution is 9.10. The van der Waals surface area contributed by atoms with Crippen LogP contribution in [-0.4, -0.2) is 30.7 Å². The van der Waals surface area contributed by atoms with Crippen molar-refractivity contribution in [1.29, 1.82) is 0 Å². The fourth-order valence-electron chi connectivity index (χ4n) is 2.21. The second-order valence-electron chi connectivity index (χ2n) is 4.55. The molecule has 1 aliphatic rings. The quantitative estimate of drug-likeness (QED) is 0.901. The summed E-state index contributed by atoms with van der Waals surface area (Å²) in [6.07, 6.45) is 1.19. The molecule has 1 aromatic rings. The molecular weight excluding hydrogens is 296 g/mol. The number of carboxylic acid groups (broad SMARTS) is 1. The topological polar surface area (TPSA) is 52.6 Å². The summed E-state index contributed by atoms with van der Waals surface area (Å²) in [6.45, 7) is 4.41. The van der Waals surface area contributed by atoms with Gasteiger partial charge in [-0.3, -0.25) is 4.79 Å². The molecule has 0 atom stereocenters. The molecule has 0 saturated carbocycles. The maximum Gasteiger partial charge on any atom is 0.305 e. The van der Waals surface area contributed by atoms with Crippen molar-refractivity contribution in [3.05, 3.63) is 22.2 Å². The zero-order valence-electron chi connectivity index (χ0n) is 10.4. The van der Waals surface area contributed by atoms with E-state index in [1.54, 1.807) is 0 Å². The maximum atomic E-state index is 10.7. The molecule has 98 valence electrons. The Hall–Kier alpha value is -1.23. The van der Waals surface area contributed by atoms with Crippen molar-refractivity contribution in [2.24, 2.45) is 0 Å². The van der Waals surface area contributed by atoms with Crippen LogP contribution >= 0.6 is 15.9 Å². The van der Waals surface area contributed by atoms with Crippen LogP contribution in [0.5, 0.6) is 0 Å². The van der Waals surface area contributed by atoms with Crippen LogP contribution in [0.1, 0.15) is 18.4 Å². The lowest BCUT2D eigenvalue weighted by atomic mass is 10.1. The SMILES string of the molecule is Cc1cc(Br)c2c(c1)N(CCC(=O)O)CCCN2. The molecule has 5 heteroatoms. The van der Waals surface area contributed by atoms with Crippen LogP contribution in [0.2, 0.25) is 0 Å². The van der Waals surface area contributed by atoms with Gasteiger partial charge in [0, 0.05) is 24.1 Å². The first-order chi connectivity index (χ1) is 8.58. The van der Waals surface area contributed by atoms with Crippen molar-refractivity contribution in [3.63, 3.8) is 0 Å². The number of nitrogens with zero attached hydrogens (tertiary/aromatic N) is 1. The summed E-state index contributed by atoms with van der Waals surface area (Å²) in [6, 6.07) is 4.19. The highest BCUT2D eigenvalue weighted by Crippen LogP contribution is 2.36. The molecule has 0 aromatic heterocycles. The lowest BCUT2D eigenvalue weighted by Crippen LogP contribution is -2.26. The summed E-state index contributed by atoms with van der Waals surface area (Å²) in [5.74, 6) is -0.750. The van der Waals surface area contributed by atoms with Crippen LogP contribution in [0.15, 0.2) is 16.6 Å². The van der Waals surface area contributed by atoms with Crippen molar-refractivity contribution in [3.8, 4) is 0 Å². The van der Waals surface area contributed by atoms with Gasteiger partial charge in [0.25, 0.3) is 0 Å². The number of aryl methyl sites for hydroxylation is 1. The van der Waals surface area contributed by atoms with Crippen LogP contribution in [0.3, 0.4) is 0 Å². The Kier molecular flexibility index (Phi) is 4.11. The molecule has 0 aliphatic carbocycles. The molecule has 0 unspecified atom stereocenters. The van der Waals surface area contributed by atoms with Crippen molar-refractivity contribution in [2.75, 3.05) is 29.9 Å². The minimum atomic E-state index is -0.750. The van der Waals surface area contributed by atoms with Crippen molar-refractivity contribution in [2.45, 2.75) is 19.8 Å². The third-order valence-electron chi connectivity index (χ3n) is 3.06. The molecule has 4 nitrogen and oxygen atoms in total. The summed E-state index contributed by atoms with van der Waals surface area (Å²) in [5.41, 5.74) is 3.34. The van der Waals surface area contributed by atoms with Gasteiger partial charge >= 0.3 is 5.97 Å². The second-order valence-corrected chi connectivity index (χ2v) is 5.41. The summed E-state index contributed by atoms with van der Waals surface area (Å²) < 4.78 is 1.04. The highest BCUT2D eigenvalue weighted by Gasteiger charge is 2.18. The van der Waals surface area contributed by atoms with Crippen molar-refractivity contribution in [1.82, 2.24) is 0 Å². The van der Waals surface area contributed by atoms with Gasteiger partial charge < -0.3 is 15.3 Å². The van der Waals surface area contributed by atoms with Crippen LogP contribution in [-0.2, 0) is 4.79 Å². The fraction of sp³-hybridized carbons (Fsp3) is 0.462. The lowest BCUT2D eigenvalue weighted by molar-refractivity contribution is -0.136. The van der Waals surface area contributed by atoms with E-state index in [9.17, 15) is 4.79 Å². The standard InChI is InChI=1S/C13H17BrN2O2/c1-9-7-10(14)13-11(8-9)16(5-2-4-15-13)6-3-12(17)18/h7-8,15H,2-6H2,1H3,(H,17,18). The van der Waals surface area contributed by atoms with E-state index in [1.165, 1.54) is 5.56 Å². The first kappa shape index (κ1) is 13.2. The Bertz CT molecular complexity index is 463. The first-order valence-corrected chi connectivity index (χ1v) is 6.88. The summed E-state index contributed by atoms with van der Waals surface area (Å²) in [4.78, 5) is 12.9. The Balaban J connectivity index is 2.31. The van der Waals surface area contributed by atoms with E-state index in [1.807, 2.05) is 6.92 Å². The Labute approximate surface area is 115 Å². The number of hydrogen-bond acceptors (Lipinski definition) is 3. The number of benzene rings is 1. The number of nitrogens with one attached hydrogen (secondary N) is 1. The third-order valence-corrected chi connectivity index (χ3v) is 3.68. The molecule has 2 N–H and O–H groups in total. The van der Waals surface area contributed by atoms with E-state index in [0.29, 0.717) is 6.54 Å². The van der Waals surface area contributed by atoms with Crippen LogP contribution < -0.4 is 10.2 Å². The molecule has 0 radical (unpaired) electrons. The molecule has 1 heterocycles. The molecule has 1 aliphatic heterocycles. The molecule has 1 aromatic carbocycles. The van der Waals surface area contributed by atoms with Gasteiger partial charge in [0.05, 0.1) is 17.8 Å². The number of rotatable bonds is 3. The zero-order chi connectivity index (χ0) is 13.1. The number of aliphatic carboxylic acids is 1. The molecule has 0 bridgehead atoms. The largest absolute Gasteiger partial charge is 0.481 e. The van der Waals surface area contributed by atoms with Gasteiger partial charge in [0.2, 0.25) is 0 Å². The minimum Gasteiger partial charge on any atom is -0.481 e. The molecule has 0 saturated heterocycles. The van der Waals surface area contributed by atoms with Gasteiger partial charge in [-0.25, -0.2) is 0 Å². The predicted octanol–water partition coefficient (Wildman–Crippen LogP) is 2.85. The highest BCUT2D eigenvalue weighted by atomic mass is 79.9. The number of anilines is 2. The van der Waals surface area contributed by atoms with Gasteiger partial charge in [-0.2, -0.15) is 0 Å². The van der Waals surface area contributed by atoms with E-state index in [-0.39, 0.29) is 6.42 Å². The van der Waals surface area contributed by atoms with Crippen LogP contribution in [0.25, 0.3) is 0 Å². The lowest BCUT2D eigenvalue weighted by Gasteiger charge is -2.24.